The normalized spacial score (nSPS) is 11.7. The number of benzene rings is 1. The predicted octanol–water partition coefficient (Wildman–Crippen LogP) is 5.45. The summed E-state index contributed by atoms with van der Waals surface area (Å²) in [6.45, 7) is 6.55. The average molecular weight is 228 g/mol. The van der Waals surface area contributed by atoms with E-state index in [4.69, 9.17) is 0 Å². The molecule has 0 unspecified atom stereocenters. The van der Waals surface area contributed by atoms with E-state index >= 15 is 0 Å². The van der Waals surface area contributed by atoms with E-state index in [1.54, 1.807) is 0 Å². The fourth-order valence-electron chi connectivity index (χ4n) is 1.69. The summed E-state index contributed by atoms with van der Waals surface area (Å²) in [5.74, 6) is 0. The van der Waals surface area contributed by atoms with Crippen LogP contribution in [0.5, 0.6) is 0 Å². The number of hydrogen-bond acceptors (Lipinski definition) is 0. The Bertz CT molecular complexity index is 383. The van der Waals surface area contributed by atoms with Gasteiger partial charge in [0.1, 0.15) is 0 Å². The van der Waals surface area contributed by atoms with E-state index in [9.17, 15) is 0 Å². The van der Waals surface area contributed by atoms with Gasteiger partial charge in [0.15, 0.2) is 0 Å². The lowest BCUT2D eigenvalue weighted by atomic mass is 10.1. The molecule has 92 valence electrons. The quantitative estimate of drug-likeness (QED) is 0.448. The fraction of sp³-hybridized carbons (Fsp3) is 0.412. The lowest BCUT2D eigenvalue weighted by molar-refractivity contribution is 0.813. The summed E-state index contributed by atoms with van der Waals surface area (Å²) in [4.78, 5) is 0. The van der Waals surface area contributed by atoms with Gasteiger partial charge in [-0.15, -0.1) is 0 Å². The molecular weight excluding hydrogens is 204 g/mol. The van der Waals surface area contributed by atoms with Crippen molar-refractivity contribution in [2.45, 2.75) is 46.5 Å². The predicted molar refractivity (Wildman–Crippen MR) is 78.2 cm³/mol. The van der Waals surface area contributed by atoms with Crippen LogP contribution in [0.15, 0.2) is 36.4 Å². The van der Waals surface area contributed by atoms with E-state index in [1.165, 1.54) is 36.0 Å². The van der Waals surface area contributed by atoms with Gasteiger partial charge in [-0.05, 0) is 43.4 Å². The Hall–Kier alpha value is -1.30. The van der Waals surface area contributed by atoms with E-state index in [0.717, 1.165) is 6.42 Å². The second-order valence-corrected chi connectivity index (χ2v) is 4.60. The van der Waals surface area contributed by atoms with E-state index in [-0.39, 0.29) is 0 Å². The molecule has 17 heavy (non-hydrogen) atoms. The summed E-state index contributed by atoms with van der Waals surface area (Å²) in [5, 5.41) is 0. The number of hydrogen-bond donors (Lipinski definition) is 0. The Labute approximate surface area is 106 Å². The van der Waals surface area contributed by atoms with Crippen molar-refractivity contribution in [1.82, 2.24) is 0 Å². The van der Waals surface area contributed by atoms with Crippen molar-refractivity contribution in [2.75, 3.05) is 0 Å². The molecule has 1 aromatic carbocycles. The molecule has 0 N–H and O–H groups in total. The Morgan fingerprint density at radius 1 is 1.00 bits per heavy atom. The Morgan fingerprint density at radius 3 is 2.53 bits per heavy atom. The molecule has 0 radical (unpaired) electrons. The first-order chi connectivity index (χ1) is 8.24. The zero-order valence-electron chi connectivity index (χ0n) is 11.4. The van der Waals surface area contributed by atoms with Gasteiger partial charge in [-0.1, -0.05) is 62.3 Å². The standard InChI is InChI=1S/C17H24/c1-4-5-6-7-8-9-10-11-17-13-12-15(2)16(3)14-17/h7-8,10-14H,4-6,9H2,1-3H3/b8-7-,11-10-. The summed E-state index contributed by atoms with van der Waals surface area (Å²) in [6, 6.07) is 6.61. The van der Waals surface area contributed by atoms with Crippen LogP contribution in [0.2, 0.25) is 0 Å². The number of aryl methyl sites for hydroxylation is 2. The molecule has 0 heterocycles. The second kappa shape index (κ2) is 7.89. The van der Waals surface area contributed by atoms with Crippen molar-refractivity contribution >= 4 is 6.08 Å². The molecule has 1 rings (SSSR count). The van der Waals surface area contributed by atoms with Gasteiger partial charge in [-0.3, -0.25) is 0 Å². The lowest BCUT2D eigenvalue weighted by Gasteiger charge is -2.00. The van der Waals surface area contributed by atoms with Gasteiger partial charge in [0, 0.05) is 0 Å². The maximum Gasteiger partial charge on any atom is -0.0166 e. The largest absolute Gasteiger partial charge is 0.0882 e. The molecule has 0 bridgehead atoms. The SMILES string of the molecule is CCCC/C=C\C/C=C\c1ccc(C)c(C)c1. The van der Waals surface area contributed by atoms with Crippen LogP contribution in [0.25, 0.3) is 6.08 Å². The van der Waals surface area contributed by atoms with Gasteiger partial charge in [0.05, 0.1) is 0 Å². The van der Waals surface area contributed by atoms with Gasteiger partial charge >= 0.3 is 0 Å². The molecule has 0 heteroatoms. The lowest BCUT2D eigenvalue weighted by Crippen LogP contribution is -1.81. The molecule has 0 spiro atoms. The smallest absolute Gasteiger partial charge is 0.0166 e. The topological polar surface area (TPSA) is 0 Å². The van der Waals surface area contributed by atoms with Crippen LogP contribution in [0, 0.1) is 13.8 Å². The molecule has 0 aromatic heterocycles. The molecule has 0 fully saturated rings. The molecule has 0 aliphatic heterocycles. The first kappa shape index (κ1) is 13.8. The highest BCUT2D eigenvalue weighted by Crippen LogP contribution is 2.11. The van der Waals surface area contributed by atoms with Gasteiger partial charge < -0.3 is 0 Å². The minimum absolute atomic E-state index is 1.04. The third-order valence-corrected chi connectivity index (χ3v) is 3.00. The third-order valence-electron chi connectivity index (χ3n) is 3.00. The summed E-state index contributed by atoms with van der Waals surface area (Å²) in [7, 11) is 0. The fourth-order valence-corrected chi connectivity index (χ4v) is 1.69. The first-order valence-corrected chi connectivity index (χ1v) is 6.63. The van der Waals surface area contributed by atoms with Crippen molar-refractivity contribution in [1.29, 1.82) is 0 Å². The van der Waals surface area contributed by atoms with Gasteiger partial charge in [-0.25, -0.2) is 0 Å². The van der Waals surface area contributed by atoms with Crippen LogP contribution < -0.4 is 0 Å². The van der Waals surface area contributed by atoms with E-state index in [0.29, 0.717) is 0 Å². The molecule has 0 saturated heterocycles. The molecule has 0 aliphatic rings. The minimum atomic E-state index is 1.04. The summed E-state index contributed by atoms with van der Waals surface area (Å²) in [5.41, 5.74) is 4.03. The highest BCUT2D eigenvalue weighted by atomic mass is 14.0. The number of unbranched alkanes of at least 4 members (excludes halogenated alkanes) is 2. The van der Waals surface area contributed by atoms with Crippen molar-refractivity contribution in [3.05, 3.63) is 53.1 Å². The Morgan fingerprint density at radius 2 is 1.82 bits per heavy atom. The van der Waals surface area contributed by atoms with Gasteiger partial charge in [-0.2, -0.15) is 0 Å². The minimum Gasteiger partial charge on any atom is -0.0882 e. The van der Waals surface area contributed by atoms with E-state index < -0.39 is 0 Å². The van der Waals surface area contributed by atoms with Crippen molar-refractivity contribution < 1.29 is 0 Å². The van der Waals surface area contributed by atoms with Crippen molar-refractivity contribution in [3.8, 4) is 0 Å². The molecule has 0 amide bonds. The molecule has 0 nitrogen and oxygen atoms in total. The van der Waals surface area contributed by atoms with Crippen LogP contribution in [0.1, 0.15) is 49.3 Å². The number of rotatable bonds is 6. The van der Waals surface area contributed by atoms with Crippen LogP contribution >= 0.6 is 0 Å². The van der Waals surface area contributed by atoms with Gasteiger partial charge in [0.2, 0.25) is 0 Å². The van der Waals surface area contributed by atoms with Crippen LogP contribution in [0.3, 0.4) is 0 Å². The van der Waals surface area contributed by atoms with E-state index in [1.807, 2.05) is 0 Å². The third kappa shape index (κ3) is 5.53. The average Bonchev–Trinajstić information content (AvgIpc) is 2.32. The maximum atomic E-state index is 2.29. The zero-order chi connectivity index (χ0) is 12.5. The second-order valence-electron chi connectivity index (χ2n) is 4.60. The Balaban J connectivity index is 2.38. The van der Waals surface area contributed by atoms with Crippen LogP contribution in [0.4, 0.5) is 0 Å². The van der Waals surface area contributed by atoms with Crippen LogP contribution in [-0.4, -0.2) is 0 Å². The zero-order valence-corrected chi connectivity index (χ0v) is 11.4. The molecule has 0 aliphatic carbocycles. The molecule has 1 aromatic rings. The highest BCUT2D eigenvalue weighted by Gasteiger charge is 1.91. The summed E-state index contributed by atoms with van der Waals surface area (Å²) < 4.78 is 0. The summed E-state index contributed by atoms with van der Waals surface area (Å²) in [6.07, 6.45) is 13.8. The maximum absolute atomic E-state index is 2.29. The molecule has 0 saturated carbocycles. The van der Waals surface area contributed by atoms with Crippen molar-refractivity contribution in [3.63, 3.8) is 0 Å². The highest BCUT2D eigenvalue weighted by molar-refractivity contribution is 5.51. The Kier molecular flexibility index (Phi) is 6.39. The molecular formula is C17H24. The van der Waals surface area contributed by atoms with Gasteiger partial charge in [0.25, 0.3) is 0 Å². The monoisotopic (exact) mass is 228 g/mol. The first-order valence-electron chi connectivity index (χ1n) is 6.63. The van der Waals surface area contributed by atoms with E-state index in [2.05, 4.69) is 63.3 Å². The number of allylic oxidation sites excluding steroid dienone is 3. The molecule has 0 atom stereocenters. The summed E-state index contributed by atoms with van der Waals surface area (Å²) >= 11 is 0. The van der Waals surface area contributed by atoms with Crippen LogP contribution in [-0.2, 0) is 0 Å². The van der Waals surface area contributed by atoms with Crippen molar-refractivity contribution in [2.24, 2.45) is 0 Å².